The molecule has 2 aromatic rings. The molecule has 0 radical (unpaired) electrons. The number of ether oxygens (including phenoxy) is 2. The SMILES string of the molecule is COC(=O)N[C@H]1CCC[C@@H]1C(CN1CCC1)(c1cccc(F)c1)C1CCN(CC2(OC)CN(c3cc(CN(C)C)c(C#N)cc3F)C2)CC1. The van der Waals surface area contributed by atoms with Gasteiger partial charge in [-0.3, -0.25) is 0 Å². The first-order valence-corrected chi connectivity index (χ1v) is 17.8. The molecule has 266 valence electrons. The summed E-state index contributed by atoms with van der Waals surface area (Å²) >= 11 is 0. The first-order chi connectivity index (χ1) is 23.6. The zero-order valence-electron chi connectivity index (χ0n) is 29.5. The first-order valence-electron chi connectivity index (χ1n) is 17.8. The summed E-state index contributed by atoms with van der Waals surface area (Å²) in [7, 11) is 7.02. The third kappa shape index (κ3) is 7.29. The van der Waals surface area contributed by atoms with E-state index in [9.17, 15) is 10.1 Å². The van der Waals surface area contributed by atoms with Gasteiger partial charge in [-0.25, -0.2) is 13.6 Å². The molecule has 3 aliphatic heterocycles. The Hall–Kier alpha value is -3.30. The van der Waals surface area contributed by atoms with E-state index in [1.807, 2.05) is 36.0 Å². The lowest BCUT2D eigenvalue weighted by Gasteiger charge is -2.55. The molecule has 4 fully saturated rings. The summed E-state index contributed by atoms with van der Waals surface area (Å²) in [5, 5.41) is 12.7. The molecule has 1 N–H and O–H groups in total. The highest BCUT2D eigenvalue weighted by Crippen LogP contribution is 2.51. The van der Waals surface area contributed by atoms with Crippen molar-refractivity contribution in [3.63, 3.8) is 0 Å². The molecule has 11 heteroatoms. The largest absolute Gasteiger partial charge is 0.453 e. The van der Waals surface area contributed by atoms with E-state index in [-0.39, 0.29) is 29.0 Å². The highest BCUT2D eigenvalue weighted by Gasteiger charge is 2.54. The summed E-state index contributed by atoms with van der Waals surface area (Å²) in [5.74, 6) is -0.138. The van der Waals surface area contributed by atoms with Gasteiger partial charge in [-0.1, -0.05) is 18.6 Å². The summed E-state index contributed by atoms with van der Waals surface area (Å²) in [6.45, 7) is 7.14. The van der Waals surface area contributed by atoms with Crippen molar-refractivity contribution in [3.8, 4) is 6.07 Å². The number of anilines is 1. The summed E-state index contributed by atoms with van der Waals surface area (Å²) in [6.07, 6.45) is 5.55. The van der Waals surface area contributed by atoms with Gasteiger partial charge in [-0.05, 0) is 120 Å². The summed E-state index contributed by atoms with van der Waals surface area (Å²) in [6, 6.07) is 12.5. The number of benzene rings is 2. The molecule has 9 nitrogen and oxygen atoms in total. The van der Waals surface area contributed by atoms with Crippen LogP contribution in [0.3, 0.4) is 0 Å². The molecule has 0 aromatic heterocycles. The fourth-order valence-electron chi connectivity index (χ4n) is 9.29. The fraction of sp³-hybridized carbons (Fsp3) is 0.632. The number of nitrogens with zero attached hydrogens (tertiary/aromatic N) is 5. The third-order valence-corrected chi connectivity index (χ3v) is 11.8. The molecule has 49 heavy (non-hydrogen) atoms. The van der Waals surface area contributed by atoms with Crippen LogP contribution in [0.5, 0.6) is 0 Å². The van der Waals surface area contributed by atoms with Crippen LogP contribution in [-0.2, 0) is 21.4 Å². The lowest BCUT2D eigenvalue weighted by atomic mass is 9.57. The minimum Gasteiger partial charge on any atom is -0.453 e. The number of likely N-dealkylation sites (tertiary alicyclic amines) is 2. The maximum absolute atomic E-state index is 15.2. The Morgan fingerprint density at radius 1 is 1.04 bits per heavy atom. The lowest BCUT2D eigenvalue weighted by Crippen LogP contribution is -2.68. The standard InChI is InChI=1S/C38H52F2N6O3/c1-43(2)22-28-19-35(33(40)18-27(28)21-41)46-24-37(25-46,49-4)23-45-16-12-29(13-17-45)38(26-44-14-7-15-44,30-8-5-9-31(39)20-30)32-10-6-11-34(32)42-36(47)48-3/h5,8-9,18-20,29,32,34H,6-7,10-17,22-26H2,1-4H3,(H,42,47)/t32-,34-,38?/m0/s1. The molecule has 3 saturated heterocycles. The number of alkyl carbamates (subject to hydrolysis) is 1. The molecule has 3 atom stereocenters. The second-order valence-corrected chi connectivity index (χ2v) is 15.1. The quantitative estimate of drug-likeness (QED) is 0.337. The van der Waals surface area contributed by atoms with Gasteiger partial charge in [-0.2, -0.15) is 5.26 Å². The first kappa shape index (κ1) is 35.5. The molecule has 3 heterocycles. The normalized spacial score (nSPS) is 24.2. The van der Waals surface area contributed by atoms with E-state index < -0.39 is 11.7 Å². The van der Waals surface area contributed by atoms with Crippen molar-refractivity contribution in [2.75, 3.05) is 85.6 Å². The Bertz CT molecular complexity index is 1520. The monoisotopic (exact) mass is 678 g/mol. The molecular weight excluding hydrogens is 626 g/mol. The molecule has 1 saturated carbocycles. The maximum atomic E-state index is 15.2. The van der Waals surface area contributed by atoms with Crippen molar-refractivity contribution in [1.82, 2.24) is 20.0 Å². The molecular formula is C38H52F2N6O3. The van der Waals surface area contributed by atoms with Crippen LogP contribution < -0.4 is 10.2 Å². The minimum atomic E-state index is -0.423. The predicted octanol–water partition coefficient (Wildman–Crippen LogP) is 4.98. The van der Waals surface area contributed by atoms with Crippen LogP contribution in [0.4, 0.5) is 19.3 Å². The average Bonchev–Trinajstić information content (AvgIpc) is 3.51. The van der Waals surface area contributed by atoms with Crippen LogP contribution in [0.25, 0.3) is 0 Å². The van der Waals surface area contributed by atoms with Gasteiger partial charge >= 0.3 is 6.09 Å². The summed E-state index contributed by atoms with van der Waals surface area (Å²) in [4.78, 5) is 21.5. The smallest absolute Gasteiger partial charge is 0.407 e. The van der Waals surface area contributed by atoms with E-state index in [1.54, 1.807) is 13.2 Å². The minimum absolute atomic E-state index is 0.0337. The number of nitrogens with one attached hydrogen (secondary N) is 1. The van der Waals surface area contributed by atoms with E-state index in [1.165, 1.54) is 25.7 Å². The van der Waals surface area contributed by atoms with Gasteiger partial charge < -0.3 is 34.4 Å². The van der Waals surface area contributed by atoms with Gasteiger partial charge in [-0.15, -0.1) is 0 Å². The molecule has 1 aliphatic carbocycles. The van der Waals surface area contributed by atoms with Gasteiger partial charge in [0.15, 0.2) is 0 Å². The lowest BCUT2D eigenvalue weighted by molar-refractivity contribution is -0.0659. The number of carbonyl (C=O) groups excluding carboxylic acids is 1. The number of methoxy groups -OCH3 is 2. The molecule has 2 aromatic carbocycles. The van der Waals surface area contributed by atoms with Gasteiger partial charge in [0.1, 0.15) is 17.2 Å². The topological polar surface area (TPSA) is 84.3 Å². The molecule has 1 unspecified atom stereocenters. The van der Waals surface area contributed by atoms with Crippen LogP contribution in [0.15, 0.2) is 36.4 Å². The van der Waals surface area contributed by atoms with E-state index in [0.29, 0.717) is 36.8 Å². The zero-order chi connectivity index (χ0) is 34.8. The summed E-state index contributed by atoms with van der Waals surface area (Å²) < 4.78 is 41.4. The highest BCUT2D eigenvalue weighted by atomic mass is 19.1. The Kier molecular flexibility index (Phi) is 10.8. The van der Waals surface area contributed by atoms with Crippen molar-refractivity contribution in [2.45, 2.75) is 62.1 Å². The number of rotatable bonds is 12. The van der Waals surface area contributed by atoms with Gasteiger partial charge in [0.25, 0.3) is 0 Å². The molecule has 4 aliphatic rings. The van der Waals surface area contributed by atoms with E-state index in [4.69, 9.17) is 9.47 Å². The van der Waals surface area contributed by atoms with Crippen LogP contribution in [0.2, 0.25) is 0 Å². The number of hydrogen-bond donors (Lipinski definition) is 1. The van der Waals surface area contributed by atoms with Crippen molar-refractivity contribution in [2.24, 2.45) is 11.8 Å². The number of hydrogen-bond acceptors (Lipinski definition) is 8. The number of piperidine rings is 1. The van der Waals surface area contributed by atoms with Gasteiger partial charge in [0.05, 0.1) is 37.5 Å². The van der Waals surface area contributed by atoms with E-state index in [2.05, 4.69) is 27.3 Å². The van der Waals surface area contributed by atoms with Crippen molar-refractivity contribution >= 4 is 11.8 Å². The number of amides is 1. The molecule has 6 rings (SSSR count). The maximum Gasteiger partial charge on any atom is 0.407 e. The summed E-state index contributed by atoms with van der Waals surface area (Å²) in [5.41, 5.74) is 1.99. The van der Waals surface area contributed by atoms with Crippen LogP contribution in [0.1, 0.15) is 55.2 Å². The van der Waals surface area contributed by atoms with Crippen LogP contribution >= 0.6 is 0 Å². The van der Waals surface area contributed by atoms with Gasteiger partial charge in [0, 0.05) is 38.2 Å². The second-order valence-electron chi connectivity index (χ2n) is 15.1. The number of nitriles is 1. The molecule has 0 spiro atoms. The Balaban J connectivity index is 1.20. The number of carbonyl (C=O) groups is 1. The van der Waals surface area contributed by atoms with Crippen molar-refractivity contribution in [1.29, 1.82) is 5.26 Å². The molecule has 1 amide bonds. The van der Waals surface area contributed by atoms with Gasteiger partial charge in [0.2, 0.25) is 0 Å². The number of halogens is 2. The third-order valence-electron chi connectivity index (χ3n) is 11.8. The van der Waals surface area contributed by atoms with E-state index >= 15 is 8.78 Å². The van der Waals surface area contributed by atoms with Crippen molar-refractivity contribution in [3.05, 3.63) is 64.7 Å². The average molecular weight is 679 g/mol. The second kappa shape index (κ2) is 14.9. The van der Waals surface area contributed by atoms with Crippen LogP contribution in [-0.4, -0.2) is 113 Å². The zero-order valence-corrected chi connectivity index (χ0v) is 29.5. The van der Waals surface area contributed by atoms with Crippen molar-refractivity contribution < 1.29 is 23.0 Å². The predicted molar refractivity (Wildman–Crippen MR) is 185 cm³/mol. The van der Waals surface area contributed by atoms with E-state index in [0.717, 1.165) is 82.5 Å². The Morgan fingerprint density at radius 2 is 1.80 bits per heavy atom. The van der Waals surface area contributed by atoms with Crippen LogP contribution in [0, 0.1) is 34.8 Å². The Morgan fingerprint density at radius 3 is 2.41 bits per heavy atom. The Labute approximate surface area is 290 Å². The molecule has 0 bridgehead atoms. The fourth-order valence-corrected chi connectivity index (χ4v) is 9.29. The highest BCUT2D eigenvalue weighted by molar-refractivity contribution is 5.67.